The van der Waals surface area contributed by atoms with E-state index in [0.717, 1.165) is 43.2 Å². The van der Waals surface area contributed by atoms with E-state index in [-0.39, 0.29) is 27.7 Å². The lowest BCUT2D eigenvalue weighted by Crippen LogP contribution is -2.28. The minimum Gasteiger partial charge on any atom is -0.371 e. The number of hydrogen-bond donors (Lipinski definition) is 0. The second kappa shape index (κ2) is 8.06. The van der Waals surface area contributed by atoms with E-state index in [1.54, 1.807) is 0 Å². The summed E-state index contributed by atoms with van der Waals surface area (Å²) in [7, 11) is -2.48. The van der Waals surface area contributed by atoms with Crippen molar-refractivity contribution in [3.63, 3.8) is 0 Å². The Kier molecular flexibility index (Phi) is 5.92. The summed E-state index contributed by atoms with van der Waals surface area (Å²) in [6.07, 6.45) is 2.24. The van der Waals surface area contributed by atoms with Crippen LogP contribution in [0, 0.1) is 17.0 Å². The fourth-order valence-electron chi connectivity index (χ4n) is 3.39. The highest BCUT2D eigenvalue weighted by Crippen LogP contribution is 2.32. The molecule has 1 fully saturated rings. The summed E-state index contributed by atoms with van der Waals surface area (Å²) >= 11 is 6.05. The molecule has 150 valence electrons. The third-order valence-electron chi connectivity index (χ3n) is 5.03. The predicted molar refractivity (Wildman–Crippen MR) is 109 cm³/mol. The van der Waals surface area contributed by atoms with Gasteiger partial charge < -0.3 is 4.90 Å². The smallest absolute Gasteiger partial charge is 0.275 e. The standard InChI is InChI=1S/C19H22ClN3O4S/c1-14-17(20)11-16(12-19(14)23(24)25)28(26,27)21(2)13-15-7-3-4-8-18(15)22-9-5-6-10-22/h3-4,7-8,11-12H,5-6,9-10,13H2,1-2H3. The SMILES string of the molecule is Cc1c(Cl)cc(S(=O)(=O)N(C)Cc2ccccc2N2CCCC2)cc1[N+](=O)[O-]. The van der Waals surface area contributed by atoms with Crippen molar-refractivity contribution in [1.29, 1.82) is 0 Å². The zero-order chi connectivity index (χ0) is 20.5. The van der Waals surface area contributed by atoms with Crippen LogP contribution in [0.25, 0.3) is 0 Å². The second-order valence-corrected chi connectivity index (χ2v) is 9.34. The van der Waals surface area contributed by atoms with Crippen LogP contribution in [0.3, 0.4) is 0 Å². The number of hydrogen-bond acceptors (Lipinski definition) is 5. The van der Waals surface area contributed by atoms with Gasteiger partial charge in [0.15, 0.2) is 0 Å². The van der Waals surface area contributed by atoms with E-state index in [2.05, 4.69) is 4.90 Å². The average molecular weight is 424 g/mol. The van der Waals surface area contributed by atoms with Crippen molar-refractivity contribution in [2.75, 3.05) is 25.0 Å². The molecule has 2 aromatic rings. The molecule has 0 saturated carbocycles. The maximum absolute atomic E-state index is 13.0. The molecular formula is C19H22ClN3O4S. The van der Waals surface area contributed by atoms with Crippen molar-refractivity contribution in [3.05, 3.63) is 62.7 Å². The molecule has 0 amide bonds. The molecule has 3 rings (SSSR count). The van der Waals surface area contributed by atoms with Crippen LogP contribution in [0.2, 0.25) is 5.02 Å². The maximum Gasteiger partial charge on any atom is 0.275 e. The van der Waals surface area contributed by atoms with Gasteiger partial charge in [0.1, 0.15) is 0 Å². The van der Waals surface area contributed by atoms with Crippen LogP contribution >= 0.6 is 11.6 Å². The van der Waals surface area contributed by atoms with E-state index in [0.29, 0.717) is 0 Å². The highest BCUT2D eigenvalue weighted by Gasteiger charge is 2.27. The topological polar surface area (TPSA) is 83.8 Å². The predicted octanol–water partition coefficient (Wildman–Crippen LogP) is 3.98. The summed E-state index contributed by atoms with van der Waals surface area (Å²) in [6.45, 7) is 3.56. The lowest BCUT2D eigenvalue weighted by atomic mass is 10.1. The van der Waals surface area contributed by atoms with E-state index < -0.39 is 14.9 Å². The van der Waals surface area contributed by atoms with Gasteiger partial charge in [0.05, 0.1) is 14.8 Å². The lowest BCUT2D eigenvalue weighted by Gasteiger charge is -2.24. The van der Waals surface area contributed by atoms with Crippen LogP contribution in [0.15, 0.2) is 41.3 Å². The van der Waals surface area contributed by atoms with E-state index in [1.807, 2.05) is 24.3 Å². The van der Waals surface area contributed by atoms with Crippen molar-refractivity contribution in [3.8, 4) is 0 Å². The zero-order valence-electron chi connectivity index (χ0n) is 15.8. The van der Waals surface area contributed by atoms with Gasteiger partial charge in [-0.1, -0.05) is 29.8 Å². The molecule has 0 bridgehead atoms. The molecule has 1 heterocycles. The molecule has 0 aromatic heterocycles. The van der Waals surface area contributed by atoms with Crippen molar-refractivity contribution in [2.24, 2.45) is 0 Å². The molecule has 7 nitrogen and oxygen atoms in total. The molecule has 0 atom stereocenters. The van der Waals surface area contributed by atoms with Gasteiger partial charge in [-0.15, -0.1) is 0 Å². The molecule has 0 aliphatic carbocycles. The summed E-state index contributed by atoms with van der Waals surface area (Å²) in [5.41, 5.74) is 1.85. The molecule has 28 heavy (non-hydrogen) atoms. The Bertz CT molecular complexity index is 1000. The highest BCUT2D eigenvalue weighted by molar-refractivity contribution is 7.89. The van der Waals surface area contributed by atoms with E-state index >= 15 is 0 Å². The quantitative estimate of drug-likeness (QED) is 0.518. The van der Waals surface area contributed by atoms with E-state index in [1.165, 1.54) is 24.3 Å². The van der Waals surface area contributed by atoms with Crippen molar-refractivity contribution in [2.45, 2.75) is 31.2 Å². The van der Waals surface area contributed by atoms with Gasteiger partial charge >= 0.3 is 0 Å². The normalized spacial score (nSPS) is 14.6. The first-order chi connectivity index (χ1) is 13.2. The Morgan fingerprint density at radius 3 is 2.50 bits per heavy atom. The summed E-state index contributed by atoms with van der Waals surface area (Å²) in [5, 5.41) is 11.3. The maximum atomic E-state index is 13.0. The zero-order valence-corrected chi connectivity index (χ0v) is 17.3. The Balaban J connectivity index is 1.93. The molecule has 9 heteroatoms. The first-order valence-electron chi connectivity index (χ1n) is 8.95. The first kappa shape index (κ1) is 20.6. The minimum atomic E-state index is -3.95. The number of rotatable bonds is 6. The van der Waals surface area contributed by atoms with Gasteiger partial charge in [0.2, 0.25) is 10.0 Å². The Morgan fingerprint density at radius 2 is 1.86 bits per heavy atom. The number of sulfonamides is 1. The number of nitro groups is 1. The monoisotopic (exact) mass is 423 g/mol. The van der Waals surface area contributed by atoms with Gasteiger partial charge in [-0.3, -0.25) is 10.1 Å². The van der Waals surface area contributed by atoms with Crippen molar-refractivity contribution in [1.82, 2.24) is 4.31 Å². The summed E-state index contributed by atoms with van der Waals surface area (Å²) in [4.78, 5) is 12.7. The Labute approximate surface area is 169 Å². The molecule has 0 N–H and O–H groups in total. The highest BCUT2D eigenvalue weighted by atomic mass is 35.5. The summed E-state index contributed by atoms with van der Waals surface area (Å²) in [5.74, 6) is 0. The van der Waals surface area contributed by atoms with E-state index in [4.69, 9.17) is 11.6 Å². The lowest BCUT2D eigenvalue weighted by molar-refractivity contribution is -0.385. The molecule has 1 aliphatic heterocycles. The number of nitrogens with zero attached hydrogens (tertiary/aromatic N) is 3. The molecule has 0 spiro atoms. The Hall–Kier alpha value is -2.16. The molecule has 0 unspecified atom stereocenters. The number of anilines is 1. The first-order valence-corrected chi connectivity index (χ1v) is 10.8. The Morgan fingerprint density at radius 1 is 1.21 bits per heavy atom. The van der Waals surface area contributed by atoms with Gasteiger partial charge in [0.25, 0.3) is 5.69 Å². The largest absolute Gasteiger partial charge is 0.371 e. The minimum absolute atomic E-state index is 0.0543. The van der Waals surface area contributed by atoms with Gasteiger partial charge in [-0.25, -0.2) is 8.42 Å². The third-order valence-corrected chi connectivity index (χ3v) is 7.20. The number of nitro benzene ring substituents is 1. The van der Waals surface area contributed by atoms with Gasteiger partial charge in [-0.2, -0.15) is 4.31 Å². The van der Waals surface area contributed by atoms with Crippen LogP contribution in [-0.4, -0.2) is 37.8 Å². The summed E-state index contributed by atoms with van der Waals surface area (Å²) < 4.78 is 27.3. The molecule has 0 radical (unpaired) electrons. The molecular weight excluding hydrogens is 402 g/mol. The number of para-hydroxylation sites is 1. The van der Waals surface area contributed by atoms with Crippen LogP contribution in [-0.2, 0) is 16.6 Å². The number of halogens is 1. The van der Waals surface area contributed by atoms with E-state index in [9.17, 15) is 18.5 Å². The third kappa shape index (κ3) is 3.99. The molecule has 1 saturated heterocycles. The van der Waals surface area contributed by atoms with Crippen LogP contribution < -0.4 is 4.90 Å². The van der Waals surface area contributed by atoms with Gasteiger partial charge in [-0.05, 0) is 37.5 Å². The van der Waals surface area contributed by atoms with Crippen LogP contribution in [0.4, 0.5) is 11.4 Å². The molecule has 2 aromatic carbocycles. The van der Waals surface area contributed by atoms with Crippen LogP contribution in [0.1, 0.15) is 24.0 Å². The van der Waals surface area contributed by atoms with Crippen molar-refractivity contribution >= 4 is 33.0 Å². The van der Waals surface area contributed by atoms with Crippen LogP contribution in [0.5, 0.6) is 0 Å². The fraction of sp³-hybridized carbons (Fsp3) is 0.368. The number of benzene rings is 2. The summed E-state index contributed by atoms with van der Waals surface area (Å²) in [6, 6.07) is 10.1. The van der Waals surface area contributed by atoms with Crippen molar-refractivity contribution < 1.29 is 13.3 Å². The fourth-order valence-corrected chi connectivity index (χ4v) is 4.87. The average Bonchev–Trinajstić information content (AvgIpc) is 3.18. The van der Waals surface area contributed by atoms with Gasteiger partial charge in [0, 0.05) is 44.0 Å². The molecule has 1 aliphatic rings. The second-order valence-electron chi connectivity index (χ2n) is 6.89.